The van der Waals surface area contributed by atoms with Crippen molar-refractivity contribution >= 4 is 41.5 Å². The Morgan fingerprint density at radius 2 is 1.71 bits per heavy atom. The van der Waals surface area contributed by atoms with E-state index in [0.29, 0.717) is 29.4 Å². The van der Waals surface area contributed by atoms with E-state index in [1.165, 1.54) is 0 Å². The fraction of sp³-hybridized carbons (Fsp3) is 0.533. The van der Waals surface area contributed by atoms with Crippen LogP contribution in [0.4, 0.5) is 0 Å². The highest BCUT2D eigenvalue weighted by Gasteiger charge is 2.06. The van der Waals surface area contributed by atoms with Crippen molar-refractivity contribution in [3.8, 4) is 0 Å². The molecular weight excluding hydrogens is 331 g/mol. The van der Waals surface area contributed by atoms with Crippen LogP contribution in [0.5, 0.6) is 0 Å². The maximum atomic E-state index is 11.6. The van der Waals surface area contributed by atoms with Gasteiger partial charge in [-0.25, -0.2) is 0 Å². The van der Waals surface area contributed by atoms with Gasteiger partial charge in [-0.1, -0.05) is 42.1 Å². The van der Waals surface area contributed by atoms with E-state index in [2.05, 4.69) is 5.32 Å². The van der Waals surface area contributed by atoms with Gasteiger partial charge in [0.1, 0.15) is 0 Å². The lowest BCUT2D eigenvalue weighted by Gasteiger charge is -2.08. The summed E-state index contributed by atoms with van der Waals surface area (Å²) in [4.78, 5) is 11.6. The lowest BCUT2D eigenvalue weighted by atomic mass is 10.1. The number of carbonyl (C=O) groups excluding carboxylic acids is 1. The Morgan fingerprint density at radius 3 is 2.33 bits per heavy atom. The standard InChI is InChI=1S/C15H22Cl2N2O.ClH/c16-13-6-5-7-14(17)12(13)9-11-19-15(20)8-3-1-2-4-10-18;/h5-7H,1-4,8-11,18H2,(H,19,20);1H. The zero-order valence-corrected chi connectivity index (χ0v) is 14.4. The molecule has 0 heterocycles. The summed E-state index contributed by atoms with van der Waals surface area (Å²) < 4.78 is 0. The lowest BCUT2D eigenvalue weighted by Crippen LogP contribution is -2.25. The van der Waals surface area contributed by atoms with Crippen molar-refractivity contribution in [1.29, 1.82) is 0 Å². The van der Waals surface area contributed by atoms with Gasteiger partial charge in [0.15, 0.2) is 0 Å². The van der Waals surface area contributed by atoms with Crippen LogP contribution < -0.4 is 11.1 Å². The van der Waals surface area contributed by atoms with Crippen molar-refractivity contribution in [3.05, 3.63) is 33.8 Å². The average molecular weight is 354 g/mol. The minimum Gasteiger partial charge on any atom is -0.356 e. The third-order valence-electron chi connectivity index (χ3n) is 3.12. The van der Waals surface area contributed by atoms with Gasteiger partial charge in [0.25, 0.3) is 0 Å². The molecule has 0 unspecified atom stereocenters. The fourth-order valence-corrected chi connectivity index (χ4v) is 2.56. The molecule has 0 saturated heterocycles. The van der Waals surface area contributed by atoms with Crippen molar-refractivity contribution < 1.29 is 4.79 Å². The van der Waals surface area contributed by atoms with Gasteiger partial charge in [-0.3, -0.25) is 4.79 Å². The van der Waals surface area contributed by atoms with Gasteiger partial charge in [0.05, 0.1) is 0 Å². The molecule has 0 aliphatic carbocycles. The van der Waals surface area contributed by atoms with Gasteiger partial charge >= 0.3 is 0 Å². The molecule has 21 heavy (non-hydrogen) atoms. The minimum absolute atomic E-state index is 0. The van der Waals surface area contributed by atoms with E-state index in [-0.39, 0.29) is 18.3 Å². The molecule has 0 bridgehead atoms. The normalized spacial score (nSPS) is 10.0. The van der Waals surface area contributed by atoms with Gasteiger partial charge in [-0.2, -0.15) is 0 Å². The van der Waals surface area contributed by atoms with Crippen molar-refractivity contribution in [2.24, 2.45) is 5.73 Å². The molecule has 0 fully saturated rings. The number of nitrogens with two attached hydrogens (primary N) is 1. The van der Waals surface area contributed by atoms with Crippen LogP contribution in [0.2, 0.25) is 10.0 Å². The summed E-state index contributed by atoms with van der Waals surface area (Å²) in [6.45, 7) is 1.29. The quantitative estimate of drug-likeness (QED) is 0.660. The van der Waals surface area contributed by atoms with Gasteiger partial charge in [-0.15, -0.1) is 12.4 Å². The predicted molar refractivity (Wildman–Crippen MR) is 92.6 cm³/mol. The third kappa shape index (κ3) is 8.52. The number of amides is 1. The number of hydrogen-bond acceptors (Lipinski definition) is 2. The highest BCUT2D eigenvalue weighted by atomic mass is 35.5. The molecule has 1 aromatic rings. The Hall–Kier alpha value is -0.480. The minimum atomic E-state index is 0. The summed E-state index contributed by atoms with van der Waals surface area (Å²) in [7, 11) is 0. The number of benzene rings is 1. The van der Waals surface area contributed by atoms with Crippen LogP contribution >= 0.6 is 35.6 Å². The monoisotopic (exact) mass is 352 g/mol. The van der Waals surface area contributed by atoms with E-state index in [1.54, 1.807) is 0 Å². The molecule has 1 rings (SSSR count). The number of hydrogen-bond donors (Lipinski definition) is 2. The number of unbranched alkanes of at least 4 members (excludes halogenated alkanes) is 3. The zero-order valence-electron chi connectivity index (χ0n) is 12.0. The van der Waals surface area contributed by atoms with Crippen LogP contribution in [0, 0.1) is 0 Å². The highest BCUT2D eigenvalue weighted by Crippen LogP contribution is 2.24. The van der Waals surface area contributed by atoms with E-state index < -0.39 is 0 Å². The Labute approximate surface area is 143 Å². The second kappa shape index (κ2) is 12.1. The summed E-state index contributed by atoms with van der Waals surface area (Å²) >= 11 is 12.1. The highest BCUT2D eigenvalue weighted by molar-refractivity contribution is 6.35. The molecule has 0 radical (unpaired) electrons. The molecular formula is C15H23Cl3N2O. The van der Waals surface area contributed by atoms with Crippen LogP contribution in [0.3, 0.4) is 0 Å². The SMILES string of the molecule is Cl.NCCCCCCC(=O)NCCc1c(Cl)cccc1Cl. The van der Waals surface area contributed by atoms with Gasteiger partial charge < -0.3 is 11.1 Å². The second-order valence-electron chi connectivity index (χ2n) is 4.75. The lowest BCUT2D eigenvalue weighted by molar-refractivity contribution is -0.121. The maximum Gasteiger partial charge on any atom is 0.220 e. The van der Waals surface area contributed by atoms with Crippen LogP contribution in [0.25, 0.3) is 0 Å². The number of nitrogens with one attached hydrogen (secondary N) is 1. The smallest absolute Gasteiger partial charge is 0.220 e. The van der Waals surface area contributed by atoms with E-state index in [1.807, 2.05) is 18.2 Å². The van der Waals surface area contributed by atoms with Gasteiger partial charge in [-0.05, 0) is 43.5 Å². The van der Waals surface area contributed by atoms with Crippen molar-refractivity contribution in [1.82, 2.24) is 5.32 Å². The molecule has 0 aliphatic heterocycles. The van der Waals surface area contributed by atoms with Crippen LogP contribution in [-0.4, -0.2) is 19.0 Å². The summed E-state index contributed by atoms with van der Waals surface area (Å²) in [5.74, 6) is 0.0842. The second-order valence-corrected chi connectivity index (χ2v) is 5.57. The first-order chi connectivity index (χ1) is 9.65. The van der Waals surface area contributed by atoms with E-state index in [9.17, 15) is 4.79 Å². The molecule has 0 saturated carbocycles. The average Bonchev–Trinajstić information content (AvgIpc) is 2.42. The first-order valence-electron chi connectivity index (χ1n) is 7.05. The molecule has 1 amide bonds. The molecule has 3 N–H and O–H groups in total. The van der Waals surface area contributed by atoms with E-state index in [0.717, 1.165) is 37.8 Å². The summed E-state index contributed by atoms with van der Waals surface area (Å²) in [5, 5.41) is 4.19. The Bertz CT molecular complexity index is 407. The van der Waals surface area contributed by atoms with Crippen molar-refractivity contribution in [2.45, 2.75) is 38.5 Å². The molecule has 0 atom stereocenters. The first kappa shape index (κ1) is 20.5. The maximum absolute atomic E-state index is 11.6. The summed E-state index contributed by atoms with van der Waals surface area (Å²) in [6, 6.07) is 5.43. The van der Waals surface area contributed by atoms with Crippen molar-refractivity contribution in [3.63, 3.8) is 0 Å². The van der Waals surface area contributed by atoms with Crippen LogP contribution in [-0.2, 0) is 11.2 Å². The predicted octanol–water partition coefficient (Wildman–Crippen LogP) is 3.98. The fourth-order valence-electron chi connectivity index (χ4n) is 1.97. The van der Waals surface area contributed by atoms with Crippen LogP contribution in [0.1, 0.15) is 37.7 Å². The molecule has 120 valence electrons. The Morgan fingerprint density at radius 1 is 1.10 bits per heavy atom. The van der Waals surface area contributed by atoms with Gasteiger partial charge in [0.2, 0.25) is 5.91 Å². The van der Waals surface area contributed by atoms with E-state index >= 15 is 0 Å². The molecule has 0 spiro atoms. The number of rotatable bonds is 9. The molecule has 1 aromatic carbocycles. The molecule has 6 heteroatoms. The Balaban J connectivity index is 0.00000400. The first-order valence-corrected chi connectivity index (χ1v) is 7.80. The topological polar surface area (TPSA) is 55.1 Å². The van der Waals surface area contributed by atoms with E-state index in [4.69, 9.17) is 28.9 Å². The zero-order chi connectivity index (χ0) is 14.8. The summed E-state index contributed by atoms with van der Waals surface area (Å²) in [6.07, 6.45) is 5.32. The number of carbonyl (C=O) groups is 1. The van der Waals surface area contributed by atoms with Gasteiger partial charge in [0, 0.05) is 23.0 Å². The third-order valence-corrected chi connectivity index (χ3v) is 3.83. The van der Waals surface area contributed by atoms with Crippen molar-refractivity contribution in [2.75, 3.05) is 13.1 Å². The Kier molecular flexibility index (Phi) is 11.8. The molecule has 3 nitrogen and oxygen atoms in total. The molecule has 0 aliphatic rings. The number of halogens is 3. The molecule has 0 aromatic heterocycles. The summed E-state index contributed by atoms with van der Waals surface area (Å²) in [5.41, 5.74) is 6.30. The largest absolute Gasteiger partial charge is 0.356 e. The van der Waals surface area contributed by atoms with Crippen LogP contribution in [0.15, 0.2) is 18.2 Å².